The van der Waals surface area contributed by atoms with Crippen LogP contribution in [0.3, 0.4) is 0 Å². The summed E-state index contributed by atoms with van der Waals surface area (Å²) in [5.74, 6) is -0.364. The highest BCUT2D eigenvalue weighted by atomic mass is 16.2. The Kier molecular flexibility index (Phi) is 6.36. The summed E-state index contributed by atoms with van der Waals surface area (Å²) in [4.78, 5) is 24.8. The lowest BCUT2D eigenvalue weighted by Crippen LogP contribution is -2.47. The fraction of sp³-hybridized carbons (Fsp3) is 0.263. The standard InChI is InChI=1S/C19H22N2O2/c1-2-3-14-21(18(22)15-16-10-6-4-7-11-16)20-19(23)17-12-8-5-9-13-17/h4-13H,2-3,14-15H2,1H3,(H,20,23). The number of benzene rings is 2. The summed E-state index contributed by atoms with van der Waals surface area (Å²) in [5, 5.41) is 1.44. The third-order valence-electron chi connectivity index (χ3n) is 3.51. The first-order chi connectivity index (χ1) is 11.2. The SMILES string of the molecule is CCCCN(NC(=O)c1ccccc1)C(=O)Cc1ccccc1. The average Bonchev–Trinajstić information content (AvgIpc) is 2.60. The fourth-order valence-electron chi connectivity index (χ4n) is 2.20. The molecular weight excluding hydrogens is 288 g/mol. The first kappa shape index (κ1) is 16.7. The summed E-state index contributed by atoms with van der Waals surface area (Å²) in [6, 6.07) is 18.5. The molecule has 0 aliphatic rings. The van der Waals surface area contributed by atoms with Crippen molar-refractivity contribution in [3.63, 3.8) is 0 Å². The second-order valence-corrected chi connectivity index (χ2v) is 5.37. The summed E-state index contributed by atoms with van der Waals surface area (Å²) >= 11 is 0. The monoisotopic (exact) mass is 310 g/mol. The van der Waals surface area contributed by atoms with Gasteiger partial charge in [-0.25, -0.2) is 0 Å². The van der Waals surface area contributed by atoms with E-state index in [4.69, 9.17) is 0 Å². The van der Waals surface area contributed by atoms with Crippen molar-refractivity contribution in [3.8, 4) is 0 Å². The molecule has 4 heteroatoms. The molecule has 23 heavy (non-hydrogen) atoms. The van der Waals surface area contributed by atoms with Crippen molar-refractivity contribution >= 4 is 11.8 Å². The van der Waals surface area contributed by atoms with Crippen molar-refractivity contribution in [3.05, 3.63) is 71.8 Å². The molecule has 2 aromatic carbocycles. The molecule has 0 spiro atoms. The van der Waals surface area contributed by atoms with Crippen LogP contribution in [-0.4, -0.2) is 23.4 Å². The van der Waals surface area contributed by atoms with Crippen molar-refractivity contribution in [2.24, 2.45) is 0 Å². The minimum absolute atomic E-state index is 0.103. The molecule has 0 saturated carbocycles. The van der Waals surface area contributed by atoms with E-state index < -0.39 is 0 Å². The van der Waals surface area contributed by atoms with Gasteiger partial charge in [0, 0.05) is 12.1 Å². The number of carbonyl (C=O) groups is 2. The minimum atomic E-state index is -0.261. The maximum absolute atomic E-state index is 12.5. The molecule has 0 bridgehead atoms. The topological polar surface area (TPSA) is 49.4 Å². The van der Waals surface area contributed by atoms with Crippen LogP contribution in [0.2, 0.25) is 0 Å². The maximum Gasteiger partial charge on any atom is 0.269 e. The van der Waals surface area contributed by atoms with Crippen molar-refractivity contribution in [1.29, 1.82) is 0 Å². The van der Waals surface area contributed by atoms with Gasteiger partial charge >= 0.3 is 0 Å². The Morgan fingerprint density at radius 1 is 0.957 bits per heavy atom. The van der Waals surface area contributed by atoms with Gasteiger partial charge in [0.15, 0.2) is 0 Å². The van der Waals surface area contributed by atoms with Crippen molar-refractivity contribution in [2.45, 2.75) is 26.2 Å². The molecule has 0 atom stereocenters. The van der Waals surface area contributed by atoms with Crippen LogP contribution in [0.1, 0.15) is 35.7 Å². The van der Waals surface area contributed by atoms with Gasteiger partial charge in [-0.3, -0.25) is 20.0 Å². The van der Waals surface area contributed by atoms with E-state index in [1.807, 2.05) is 36.4 Å². The molecule has 0 aliphatic carbocycles. The number of hydrogen-bond donors (Lipinski definition) is 1. The highest BCUT2D eigenvalue weighted by molar-refractivity contribution is 5.95. The van der Waals surface area contributed by atoms with Gasteiger partial charge in [0.2, 0.25) is 5.91 Å². The highest BCUT2D eigenvalue weighted by Gasteiger charge is 2.17. The van der Waals surface area contributed by atoms with E-state index in [1.165, 1.54) is 5.01 Å². The summed E-state index contributed by atoms with van der Waals surface area (Å²) in [7, 11) is 0. The molecule has 2 aromatic rings. The average molecular weight is 310 g/mol. The summed E-state index contributed by atoms with van der Waals surface area (Å²) in [5.41, 5.74) is 4.21. The Balaban J connectivity index is 2.04. The molecule has 0 heterocycles. The number of carbonyl (C=O) groups excluding carboxylic acids is 2. The van der Waals surface area contributed by atoms with E-state index >= 15 is 0 Å². The summed E-state index contributed by atoms with van der Waals surface area (Å²) in [6.07, 6.45) is 2.07. The largest absolute Gasteiger partial charge is 0.273 e. The number of nitrogens with zero attached hydrogens (tertiary/aromatic N) is 1. The maximum atomic E-state index is 12.5. The van der Waals surface area contributed by atoms with Gasteiger partial charge in [0.25, 0.3) is 5.91 Å². The van der Waals surface area contributed by atoms with Gasteiger partial charge in [-0.1, -0.05) is 61.9 Å². The molecular formula is C19H22N2O2. The van der Waals surface area contributed by atoms with E-state index in [1.54, 1.807) is 24.3 Å². The lowest BCUT2D eigenvalue weighted by molar-refractivity contribution is -0.133. The third kappa shape index (κ3) is 5.25. The molecule has 2 rings (SSSR count). The molecule has 0 radical (unpaired) electrons. The lowest BCUT2D eigenvalue weighted by atomic mass is 10.1. The Labute approximate surface area is 137 Å². The number of amides is 2. The fourth-order valence-corrected chi connectivity index (χ4v) is 2.20. The predicted molar refractivity (Wildman–Crippen MR) is 90.7 cm³/mol. The van der Waals surface area contributed by atoms with E-state index in [-0.39, 0.29) is 18.2 Å². The van der Waals surface area contributed by atoms with Crippen LogP contribution in [0.15, 0.2) is 60.7 Å². The van der Waals surface area contributed by atoms with Crippen LogP contribution in [0.4, 0.5) is 0 Å². The van der Waals surface area contributed by atoms with Crippen LogP contribution in [-0.2, 0) is 11.2 Å². The molecule has 0 unspecified atom stereocenters. The Morgan fingerprint density at radius 3 is 2.17 bits per heavy atom. The van der Waals surface area contributed by atoms with Crippen molar-refractivity contribution in [1.82, 2.24) is 10.4 Å². The van der Waals surface area contributed by atoms with Gasteiger partial charge in [0.05, 0.1) is 6.42 Å². The summed E-state index contributed by atoms with van der Waals surface area (Å²) < 4.78 is 0. The van der Waals surface area contributed by atoms with Crippen LogP contribution in [0, 0.1) is 0 Å². The van der Waals surface area contributed by atoms with E-state index in [0.29, 0.717) is 12.1 Å². The number of unbranched alkanes of at least 4 members (excludes halogenated alkanes) is 1. The lowest BCUT2D eigenvalue weighted by Gasteiger charge is -2.23. The van der Waals surface area contributed by atoms with Gasteiger partial charge in [-0.15, -0.1) is 0 Å². The molecule has 0 aromatic heterocycles. The normalized spacial score (nSPS) is 10.1. The number of hydrogen-bond acceptors (Lipinski definition) is 2. The Morgan fingerprint density at radius 2 is 1.57 bits per heavy atom. The zero-order valence-electron chi connectivity index (χ0n) is 13.4. The molecule has 120 valence electrons. The van der Waals surface area contributed by atoms with E-state index in [2.05, 4.69) is 12.3 Å². The minimum Gasteiger partial charge on any atom is -0.273 e. The number of rotatable bonds is 6. The predicted octanol–water partition coefficient (Wildman–Crippen LogP) is 3.20. The molecule has 1 N–H and O–H groups in total. The van der Waals surface area contributed by atoms with Crippen molar-refractivity contribution < 1.29 is 9.59 Å². The van der Waals surface area contributed by atoms with Gasteiger partial charge < -0.3 is 0 Å². The number of nitrogens with one attached hydrogen (secondary N) is 1. The Hall–Kier alpha value is -2.62. The third-order valence-corrected chi connectivity index (χ3v) is 3.51. The summed E-state index contributed by atoms with van der Waals surface area (Å²) in [6.45, 7) is 2.57. The Bertz CT molecular complexity index is 626. The second kappa shape index (κ2) is 8.73. The zero-order valence-corrected chi connectivity index (χ0v) is 13.4. The first-order valence-corrected chi connectivity index (χ1v) is 7.91. The van der Waals surface area contributed by atoms with Crippen LogP contribution in [0.5, 0.6) is 0 Å². The number of hydrazine groups is 1. The molecule has 2 amide bonds. The van der Waals surface area contributed by atoms with Crippen LogP contribution < -0.4 is 5.43 Å². The smallest absolute Gasteiger partial charge is 0.269 e. The highest BCUT2D eigenvalue weighted by Crippen LogP contribution is 2.05. The van der Waals surface area contributed by atoms with Gasteiger partial charge in [0.1, 0.15) is 0 Å². The second-order valence-electron chi connectivity index (χ2n) is 5.37. The van der Waals surface area contributed by atoms with E-state index in [9.17, 15) is 9.59 Å². The van der Waals surface area contributed by atoms with Crippen LogP contribution >= 0.6 is 0 Å². The van der Waals surface area contributed by atoms with E-state index in [0.717, 1.165) is 18.4 Å². The molecule has 0 aliphatic heterocycles. The van der Waals surface area contributed by atoms with Gasteiger partial charge in [-0.05, 0) is 24.1 Å². The molecule has 4 nitrogen and oxygen atoms in total. The van der Waals surface area contributed by atoms with Crippen molar-refractivity contribution in [2.75, 3.05) is 6.54 Å². The molecule has 0 saturated heterocycles. The zero-order chi connectivity index (χ0) is 16.5. The van der Waals surface area contributed by atoms with Crippen LogP contribution in [0.25, 0.3) is 0 Å². The molecule has 0 fully saturated rings. The van der Waals surface area contributed by atoms with Gasteiger partial charge in [-0.2, -0.15) is 0 Å². The first-order valence-electron chi connectivity index (χ1n) is 7.91. The quantitative estimate of drug-likeness (QED) is 0.833.